The highest BCUT2D eigenvalue weighted by molar-refractivity contribution is 5.85. The van der Waals surface area contributed by atoms with E-state index in [1.165, 1.54) is 19.3 Å². The summed E-state index contributed by atoms with van der Waals surface area (Å²) in [6.45, 7) is 5.56. The van der Waals surface area contributed by atoms with Gasteiger partial charge in [0.1, 0.15) is 0 Å². The third-order valence-corrected chi connectivity index (χ3v) is 3.55. The van der Waals surface area contributed by atoms with E-state index in [0.717, 1.165) is 26.1 Å². The van der Waals surface area contributed by atoms with Gasteiger partial charge in [0.25, 0.3) is 0 Å². The van der Waals surface area contributed by atoms with E-state index < -0.39 is 0 Å². The standard InChI is InChI=1S/C12H23N3O.ClH/c1-2-6-13-12(16)9-15-7-5-10-3-4-11(8-15)14-10;/h10-11,14H,2-9H2,1H3,(H,13,16);1H. The Labute approximate surface area is 110 Å². The summed E-state index contributed by atoms with van der Waals surface area (Å²) >= 11 is 0. The lowest BCUT2D eigenvalue weighted by Gasteiger charge is -2.23. The summed E-state index contributed by atoms with van der Waals surface area (Å²) in [5, 5.41) is 6.57. The average Bonchev–Trinajstić information content (AvgIpc) is 2.60. The molecule has 0 saturated carbocycles. The van der Waals surface area contributed by atoms with Gasteiger partial charge < -0.3 is 10.6 Å². The maximum Gasteiger partial charge on any atom is 0.234 e. The van der Waals surface area contributed by atoms with Gasteiger partial charge in [-0.05, 0) is 25.7 Å². The van der Waals surface area contributed by atoms with Gasteiger partial charge in [-0.3, -0.25) is 9.69 Å². The minimum absolute atomic E-state index is 0. The van der Waals surface area contributed by atoms with E-state index in [1.54, 1.807) is 0 Å². The highest BCUT2D eigenvalue weighted by Gasteiger charge is 2.29. The Balaban J connectivity index is 0.00000144. The summed E-state index contributed by atoms with van der Waals surface area (Å²) in [7, 11) is 0. The number of amides is 1. The van der Waals surface area contributed by atoms with Crippen LogP contribution in [0.15, 0.2) is 0 Å². The van der Waals surface area contributed by atoms with Crippen molar-refractivity contribution >= 4 is 18.3 Å². The van der Waals surface area contributed by atoms with Crippen LogP contribution in [-0.4, -0.2) is 49.1 Å². The van der Waals surface area contributed by atoms with Crippen LogP contribution in [0.4, 0.5) is 0 Å². The second kappa shape index (κ2) is 7.19. The Bertz CT molecular complexity index is 250. The number of rotatable bonds is 4. The number of nitrogens with one attached hydrogen (secondary N) is 2. The first-order valence-corrected chi connectivity index (χ1v) is 6.53. The van der Waals surface area contributed by atoms with Crippen molar-refractivity contribution in [3.63, 3.8) is 0 Å². The van der Waals surface area contributed by atoms with E-state index in [1.807, 2.05) is 0 Å². The second-order valence-corrected chi connectivity index (χ2v) is 5.01. The first-order valence-electron chi connectivity index (χ1n) is 6.53. The molecule has 2 atom stereocenters. The van der Waals surface area contributed by atoms with Gasteiger partial charge in [-0.2, -0.15) is 0 Å². The number of hydrogen-bond donors (Lipinski definition) is 2. The lowest BCUT2D eigenvalue weighted by molar-refractivity contribution is -0.122. The fourth-order valence-electron chi connectivity index (χ4n) is 2.68. The Morgan fingerprint density at radius 1 is 1.35 bits per heavy atom. The number of hydrogen-bond acceptors (Lipinski definition) is 3. The van der Waals surface area contributed by atoms with Crippen LogP contribution in [0.2, 0.25) is 0 Å². The molecule has 0 aromatic rings. The first kappa shape index (κ1) is 14.7. The van der Waals surface area contributed by atoms with Crippen LogP contribution in [-0.2, 0) is 4.79 Å². The van der Waals surface area contributed by atoms with Crippen LogP contribution in [0.1, 0.15) is 32.6 Å². The van der Waals surface area contributed by atoms with Crippen molar-refractivity contribution in [1.82, 2.24) is 15.5 Å². The number of halogens is 1. The Morgan fingerprint density at radius 3 is 2.88 bits per heavy atom. The van der Waals surface area contributed by atoms with Gasteiger partial charge in [-0.15, -0.1) is 12.4 Å². The van der Waals surface area contributed by atoms with E-state index >= 15 is 0 Å². The predicted molar refractivity (Wildman–Crippen MR) is 71.6 cm³/mol. The van der Waals surface area contributed by atoms with Crippen LogP contribution in [0, 0.1) is 0 Å². The van der Waals surface area contributed by atoms with Gasteiger partial charge >= 0.3 is 0 Å². The SMILES string of the molecule is CCCNC(=O)CN1CCC2CCC(C1)N2.Cl. The third-order valence-electron chi connectivity index (χ3n) is 3.55. The molecule has 2 heterocycles. The minimum Gasteiger partial charge on any atom is -0.355 e. The Kier molecular flexibility index (Phi) is 6.23. The van der Waals surface area contributed by atoms with Crippen molar-refractivity contribution in [3.8, 4) is 0 Å². The van der Waals surface area contributed by atoms with Gasteiger partial charge in [0.05, 0.1) is 6.54 Å². The largest absolute Gasteiger partial charge is 0.355 e. The lowest BCUT2D eigenvalue weighted by Crippen LogP contribution is -2.41. The van der Waals surface area contributed by atoms with E-state index in [9.17, 15) is 4.79 Å². The second-order valence-electron chi connectivity index (χ2n) is 5.01. The molecule has 4 nitrogen and oxygen atoms in total. The van der Waals surface area contributed by atoms with Crippen molar-refractivity contribution in [2.45, 2.75) is 44.7 Å². The molecule has 100 valence electrons. The fraction of sp³-hybridized carbons (Fsp3) is 0.917. The number of carbonyl (C=O) groups excluding carboxylic acids is 1. The van der Waals surface area contributed by atoms with Crippen molar-refractivity contribution in [2.75, 3.05) is 26.2 Å². The molecule has 2 rings (SSSR count). The Hall–Kier alpha value is -0.320. The molecular formula is C12H24ClN3O. The monoisotopic (exact) mass is 261 g/mol. The average molecular weight is 262 g/mol. The molecule has 1 amide bonds. The molecule has 2 bridgehead atoms. The summed E-state index contributed by atoms with van der Waals surface area (Å²) in [6, 6.07) is 1.32. The number of likely N-dealkylation sites (tertiary alicyclic amines) is 1. The van der Waals surface area contributed by atoms with Gasteiger partial charge in [-0.25, -0.2) is 0 Å². The number of nitrogens with zero attached hydrogens (tertiary/aromatic N) is 1. The zero-order chi connectivity index (χ0) is 11.4. The first-order chi connectivity index (χ1) is 7.78. The van der Waals surface area contributed by atoms with E-state index in [0.29, 0.717) is 18.6 Å². The molecule has 0 spiro atoms. The van der Waals surface area contributed by atoms with Gasteiger partial charge in [0, 0.05) is 31.7 Å². The maximum atomic E-state index is 11.6. The van der Waals surface area contributed by atoms with E-state index in [-0.39, 0.29) is 18.3 Å². The molecule has 0 aromatic heterocycles. The maximum absolute atomic E-state index is 11.6. The predicted octanol–water partition coefficient (Wildman–Crippen LogP) is 0.761. The van der Waals surface area contributed by atoms with Crippen molar-refractivity contribution in [1.29, 1.82) is 0 Å². The molecule has 0 radical (unpaired) electrons. The molecule has 2 aliphatic heterocycles. The van der Waals surface area contributed by atoms with Crippen LogP contribution in [0.5, 0.6) is 0 Å². The molecule has 5 heteroatoms. The van der Waals surface area contributed by atoms with Crippen molar-refractivity contribution in [3.05, 3.63) is 0 Å². The summed E-state index contributed by atoms with van der Waals surface area (Å²) in [5.41, 5.74) is 0. The molecule has 2 aliphatic rings. The zero-order valence-corrected chi connectivity index (χ0v) is 11.4. The topological polar surface area (TPSA) is 44.4 Å². The molecule has 0 aliphatic carbocycles. The van der Waals surface area contributed by atoms with Crippen LogP contribution in [0.3, 0.4) is 0 Å². The van der Waals surface area contributed by atoms with Crippen molar-refractivity contribution < 1.29 is 4.79 Å². The quantitative estimate of drug-likeness (QED) is 0.786. The molecule has 0 aromatic carbocycles. The van der Waals surface area contributed by atoms with E-state index in [2.05, 4.69) is 22.5 Å². The normalized spacial score (nSPS) is 28.3. The van der Waals surface area contributed by atoms with Gasteiger partial charge in [0.15, 0.2) is 0 Å². The molecule has 2 fully saturated rings. The highest BCUT2D eigenvalue weighted by atomic mass is 35.5. The molecule has 17 heavy (non-hydrogen) atoms. The van der Waals surface area contributed by atoms with Crippen LogP contribution < -0.4 is 10.6 Å². The summed E-state index contributed by atoms with van der Waals surface area (Å²) < 4.78 is 0. The lowest BCUT2D eigenvalue weighted by atomic mass is 10.1. The third kappa shape index (κ3) is 4.45. The number of fused-ring (bicyclic) bond motifs is 2. The highest BCUT2D eigenvalue weighted by Crippen LogP contribution is 2.19. The summed E-state index contributed by atoms with van der Waals surface area (Å²) in [4.78, 5) is 13.9. The Morgan fingerprint density at radius 2 is 2.12 bits per heavy atom. The fourth-order valence-corrected chi connectivity index (χ4v) is 2.68. The van der Waals surface area contributed by atoms with E-state index in [4.69, 9.17) is 0 Å². The summed E-state index contributed by atoms with van der Waals surface area (Å²) in [5.74, 6) is 0.180. The van der Waals surface area contributed by atoms with Gasteiger partial charge in [-0.1, -0.05) is 6.92 Å². The smallest absolute Gasteiger partial charge is 0.234 e. The molecule has 2 unspecified atom stereocenters. The van der Waals surface area contributed by atoms with Crippen molar-refractivity contribution in [2.24, 2.45) is 0 Å². The van der Waals surface area contributed by atoms with Gasteiger partial charge in [0.2, 0.25) is 5.91 Å². The number of carbonyl (C=O) groups is 1. The summed E-state index contributed by atoms with van der Waals surface area (Å²) in [6.07, 6.45) is 4.80. The van der Waals surface area contributed by atoms with Crippen LogP contribution >= 0.6 is 12.4 Å². The van der Waals surface area contributed by atoms with Crippen LogP contribution in [0.25, 0.3) is 0 Å². The molecular weight excluding hydrogens is 238 g/mol. The molecule has 2 N–H and O–H groups in total. The molecule has 2 saturated heterocycles. The minimum atomic E-state index is 0. The zero-order valence-electron chi connectivity index (χ0n) is 10.6.